The normalized spacial score (nSPS) is 17.3. The van der Waals surface area contributed by atoms with Crippen molar-refractivity contribution < 1.29 is 4.79 Å². The van der Waals surface area contributed by atoms with Crippen LogP contribution in [0, 0.1) is 5.92 Å². The standard InChI is InChI=1S/C24H30N4OS/c1-27(16-13-20-8-4-5-14-25-20)24(29)12-11-19-7-6-15-28(17-19)18-23-26-21-9-2-3-10-22(21)30-23/h2-5,8-10,14,19H,6-7,11-13,15-18H2,1H3. The SMILES string of the molecule is CN(CCc1ccccn1)C(=O)CCC1CCCN(Cc2nc3ccccc3s2)C1. The Labute approximate surface area is 182 Å². The molecular formula is C24H30N4OS. The molecule has 5 nitrogen and oxygen atoms in total. The number of hydrogen-bond acceptors (Lipinski definition) is 5. The smallest absolute Gasteiger partial charge is 0.222 e. The van der Waals surface area contributed by atoms with Crippen molar-refractivity contribution in [3.8, 4) is 0 Å². The molecule has 0 aliphatic carbocycles. The van der Waals surface area contributed by atoms with E-state index < -0.39 is 0 Å². The minimum absolute atomic E-state index is 0.245. The molecule has 6 heteroatoms. The van der Waals surface area contributed by atoms with E-state index in [1.165, 1.54) is 22.5 Å². The Bertz CT molecular complexity index is 925. The zero-order valence-corrected chi connectivity index (χ0v) is 18.5. The van der Waals surface area contributed by atoms with Gasteiger partial charge in [0.25, 0.3) is 0 Å². The Morgan fingerprint density at radius 2 is 2.10 bits per heavy atom. The molecule has 3 heterocycles. The number of piperidine rings is 1. The number of likely N-dealkylation sites (tertiary alicyclic amines) is 1. The number of carbonyl (C=O) groups excluding carboxylic acids is 1. The van der Waals surface area contributed by atoms with Gasteiger partial charge in [0, 0.05) is 44.9 Å². The lowest BCUT2D eigenvalue weighted by Crippen LogP contribution is -2.36. The van der Waals surface area contributed by atoms with Gasteiger partial charge >= 0.3 is 0 Å². The minimum atomic E-state index is 0.245. The summed E-state index contributed by atoms with van der Waals surface area (Å²) in [6.07, 6.45) is 6.66. The summed E-state index contributed by atoms with van der Waals surface area (Å²) in [7, 11) is 1.91. The van der Waals surface area contributed by atoms with E-state index in [0.29, 0.717) is 12.3 Å². The number of likely N-dealkylation sites (N-methyl/N-ethyl adjacent to an activating group) is 1. The molecule has 0 saturated carbocycles. The number of fused-ring (bicyclic) bond motifs is 1. The topological polar surface area (TPSA) is 49.3 Å². The fourth-order valence-electron chi connectivity index (χ4n) is 4.18. The third kappa shape index (κ3) is 5.64. The van der Waals surface area contributed by atoms with Crippen LogP contribution in [0.1, 0.15) is 36.4 Å². The van der Waals surface area contributed by atoms with Crippen molar-refractivity contribution in [3.05, 3.63) is 59.4 Å². The van der Waals surface area contributed by atoms with Gasteiger partial charge in [-0.1, -0.05) is 18.2 Å². The molecular weight excluding hydrogens is 392 g/mol. The third-order valence-corrected chi connectivity index (χ3v) is 6.94. The summed E-state index contributed by atoms with van der Waals surface area (Å²) in [4.78, 5) is 26.1. The molecule has 1 atom stereocenters. The first kappa shape index (κ1) is 20.9. The predicted octanol–water partition coefficient (Wildman–Crippen LogP) is 4.38. The molecule has 158 valence electrons. The summed E-state index contributed by atoms with van der Waals surface area (Å²) in [6.45, 7) is 3.85. The van der Waals surface area contributed by atoms with E-state index in [0.717, 1.165) is 50.2 Å². The van der Waals surface area contributed by atoms with Crippen molar-refractivity contribution in [1.82, 2.24) is 19.8 Å². The Balaban J connectivity index is 1.22. The van der Waals surface area contributed by atoms with Crippen molar-refractivity contribution >= 4 is 27.5 Å². The maximum Gasteiger partial charge on any atom is 0.222 e. The molecule has 30 heavy (non-hydrogen) atoms. The Morgan fingerprint density at radius 3 is 2.93 bits per heavy atom. The third-order valence-electron chi connectivity index (χ3n) is 5.92. The van der Waals surface area contributed by atoms with Crippen LogP contribution < -0.4 is 0 Å². The van der Waals surface area contributed by atoms with E-state index in [9.17, 15) is 4.79 Å². The molecule has 1 unspecified atom stereocenters. The van der Waals surface area contributed by atoms with Gasteiger partial charge in [-0.15, -0.1) is 11.3 Å². The second-order valence-corrected chi connectivity index (χ2v) is 9.36. The van der Waals surface area contributed by atoms with Gasteiger partial charge < -0.3 is 4.90 Å². The lowest BCUT2D eigenvalue weighted by Gasteiger charge is -2.32. The molecule has 0 N–H and O–H groups in total. The molecule has 4 rings (SSSR count). The van der Waals surface area contributed by atoms with Gasteiger partial charge in [0.15, 0.2) is 0 Å². The van der Waals surface area contributed by atoms with Crippen LogP contribution in [0.2, 0.25) is 0 Å². The van der Waals surface area contributed by atoms with Crippen molar-refractivity contribution in [2.75, 3.05) is 26.7 Å². The number of rotatable bonds is 8. The average Bonchev–Trinajstić information content (AvgIpc) is 3.19. The number of thiazole rings is 1. The zero-order valence-electron chi connectivity index (χ0n) is 17.7. The average molecular weight is 423 g/mol. The van der Waals surface area contributed by atoms with Crippen molar-refractivity contribution in [2.24, 2.45) is 5.92 Å². The fraction of sp³-hybridized carbons (Fsp3) is 0.458. The van der Waals surface area contributed by atoms with E-state index in [-0.39, 0.29) is 5.91 Å². The monoisotopic (exact) mass is 422 g/mol. The highest BCUT2D eigenvalue weighted by Gasteiger charge is 2.22. The maximum atomic E-state index is 12.6. The van der Waals surface area contributed by atoms with Gasteiger partial charge in [0.2, 0.25) is 5.91 Å². The summed E-state index contributed by atoms with van der Waals surface area (Å²) in [5, 5.41) is 1.20. The summed E-state index contributed by atoms with van der Waals surface area (Å²) in [5.74, 6) is 0.843. The van der Waals surface area contributed by atoms with Gasteiger partial charge in [0.05, 0.1) is 16.8 Å². The number of pyridine rings is 1. The van der Waals surface area contributed by atoms with E-state index in [1.807, 2.05) is 36.2 Å². The summed E-state index contributed by atoms with van der Waals surface area (Å²) >= 11 is 1.80. The van der Waals surface area contributed by atoms with Crippen molar-refractivity contribution in [2.45, 2.75) is 38.6 Å². The van der Waals surface area contributed by atoms with Crippen LogP contribution in [0.15, 0.2) is 48.7 Å². The molecule has 1 amide bonds. The van der Waals surface area contributed by atoms with Crippen molar-refractivity contribution in [3.63, 3.8) is 0 Å². The lowest BCUT2D eigenvalue weighted by atomic mass is 9.93. The number of para-hydroxylation sites is 1. The highest BCUT2D eigenvalue weighted by atomic mass is 32.1. The highest BCUT2D eigenvalue weighted by molar-refractivity contribution is 7.18. The van der Waals surface area contributed by atoms with Crippen LogP contribution >= 0.6 is 11.3 Å². The zero-order chi connectivity index (χ0) is 20.8. The Hall–Kier alpha value is -2.31. The van der Waals surface area contributed by atoms with Gasteiger partial charge in [-0.05, 0) is 56.0 Å². The van der Waals surface area contributed by atoms with Gasteiger partial charge in [-0.2, -0.15) is 0 Å². The van der Waals surface area contributed by atoms with E-state index in [4.69, 9.17) is 4.98 Å². The van der Waals surface area contributed by atoms with Crippen LogP contribution in [-0.4, -0.2) is 52.4 Å². The van der Waals surface area contributed by atoms with E-state index in [1.54, 1.807) is 17.5 Å². The molecule has 1 fully saturated rings. The second kappa shape index (κ2) is 10.1. The van der Waals surface area contributed by atoms with Gasteiger partial charge in [-0.3, -0.25) is 14.7 Å². The minimum Gasteiger partial charge on any atom is -0.345 e. The lowest BCUT2D eigenvalue weighted by molar-refractivity contribution is -0.130. The summed E-state index contributed by atoms with van der Waals surface area (Å²) in [6, 6.07) is 14.3. The molecule has 3 aromatic rings. The summed E-state index contributed by atoms with van der Waals surface area (Å²) in [5.41, 5.74) is 2.14. The van der Waals surface area contributed by atoms with Crippen LogP contribution in [-0.2, 0) is 17.8 Å². The van der Waals surface area contributed by atoms with Crippen molar-refractivity contribution in [1.29, 1.82) is 0 Å². The van der Waals surface area contributed by atoms with Gasteiger partial charge in [-0.25, -0.2) is 4.98 Å². The largest absolute Gasteiger partial charge is 0.345 e. The predicted molar refractivity (Wildman–Crippen MR) is 122 cm³/mol. The first-order valence-electron chi connectivity index (χ1n) is 10.9. The highest BCUT2D eigenvalue weighted by Crippen LogP contribution is 2.26. The molecule has 1 aliphatic heterocycles. The molecule has 0 bridgehead atoms. The van der Waals surface area contributed by atoms with Crippen LogP contribution in [0.3, 0.4) is 0 Å². The number of nitrogens with zero attached hydrogens (tertiary/aromatic N) is 4. The van der Waals surface area contributed by atoms with Crippen LogP contribution in [0.25, 0.3) is 10.2 Å². The number of hydrogen-bond donors (Lipinski definition) is 0. The molecule has 2 aromatic heterocycles. The van der Waals surface area contributed by atoms with E-state index >= 15 is 0 Å². The quantitative estimate of drug-likeness (QED) is 0.540. The van der Waals surface area contributed by atoms with E-state index in [2.05, 4.69) is 28.1 Å². The van der Waals surface area contributed by atoms with Crippen LogP contribution in [0.4, 0.5) is 0 Å². The molecule has 1 aromatic carbocycles. The fourth-order valence-corrected chi connectivity index (χ4v) is 5.19. The second-order valence-electron chi connectivity index (χ2n) is 8.24. The number of benzene rings is 1. The van der Waals surface area contributed by atoms with Crippen LogP contribution in [0.5, 0.6) is 0 Å². The van der Waals surface area contributed by atoms with Gasteiger partial charge in [0.1, 0.15) is 5.01 Å². The number of aromatic nitrogens is 2. The number of carbonyl (C=O) groups is 1. The molecule has 0 radical (unpaired) electrons. The Morgan fingerprint density at radius 1 is 1.23 bits per heavy atom. The first-order valence-corrected chi connectivity index (χ1v) is 11.7. The molecule has 0 spiro atoms. The molecule has 1 aliphatic rings. The molecule has 1 saturated heterocycles. The first-order chi connectivity index (χ1) is 14.7. The Kier molecular flexibility index (Phi) is 7.07. The summed E-state index contributed by atoms with van der Waals surface area (Å²) < 4.78 is 1.26. The number of amides is 1. The maximum absolute atomic E-state index is 12.6.